The number of hydrogen-bond donors (Lipinski definition) is 1. The van der Waals surface area contributed by atoms with E-state index in [9.17, 15) is 9.59 Å². The highest BCUT2D eigenvalue weighted by atomic mass is 16.6. The fourth-order valence-corrected chi connectivity index (χ4v) is 2.28. The molecule has 0 spiro atoms. The van der Waals surface area contributed by atoms with Gasteiger partial charge in [-0.1, -0.05) is 0 Å². The first-order valence-electron chi connectivity index (χ1n) is 8.80. The Morgan fingerprint density at radius 1 is 1.07 bits per heavy atom. The van der Waals surface area contributed by atoms with Gasteiger partial charge in [-0.05, 0) is 52.0 Å². The van der Waals surface area contributed by atoms with Gasteiger partial charge in [-0.3, -0.25) is 4.79 Å². The first-order chi connectivity index (χ1) is 12.9. The lowest BCUT2D eigenvalue weighted by molar-refractivity contribution is -0.155. The average molecular weight is 375 g/mol. The topological polar surface area (TPSA) is 91.7 Å². The van der Waals surface area contributed by atoms with Gasteiger partial charge in [0.05, 0.1) is 12.8 Å². The lowest BCUT2D eigenvalue weighted by Gasteiger charge is -2.16. The highest BCUT2D eigenvalue weighted by molar-refractivity contribution is 5.94. The quantitative estimate of drug-likeness (QED) is 0.678. The first kappa shape index (κ1) is 20.3. The molecular formula is C19H25N3O5. The van der Waals surface area contributed by atoms with Crippen molar-refractivity contribution in [3.8, 4) is 11.5 Å². The smallest absolute Gasteiger partial charge is 0.344 e. The molecule has 1 heterocycles. The first-order valence-corrected chi connectivity index (χ1v) is 8.80. The summed E-state index contributed by atoms with van der Waals surface area (Å²) in [7, 11) is 0. The van der Waals surface area contributed by atoms with E-state index in [1.165, 1.54) is 6.92 Å². The predicted octanol–water partition coefficient (Wildman–Crippen LogP) is 2.81. The second-order valence-corrected chi connectivity index (χ2v) is 6.07. The number of nitrogens with zero attached hydrogens (tertiary/aromatic N) is 2. The molecular weight excluding hydrogens is 350 g/mol. The van der Waals surface area contributed by atoms with E-state index in [2.05, 4.69) is 10.4 Å². The van der Waals surface area contributed by atoms with Gasteiger partial charge in [-0.15, -0.1) is 0 Å². The zero-order valence-corrected chi connectivity index (χ0v) is 16.0. The normalized spacial score (nSPS) is 11.7. The second kappa shape index (κ2) is 9.61. The standard InChI is InChI=1S/C19H25N3O5/c1-5-25-15-6-8-16(9-7-15)26-12-18(23)27-14(4)19(24)21-17-10-11-20-22(17)13(2)3/h6-11,13-14H,5,12H2,1-4H3,(H,21,24)/t14-/m1/s1. The fraction of sp³-hybridized carbons (Fsp3) is 0.421. The molecule has 0 aliphatic heterocycles. The Morgan fingerprint density at radius 2 is 1.70 bits per heavy atom. The molecule has 2 rings (SSSR count). The summed E-state index contributed by atoms with van der Waals surface area (Å²) in [5, 5.41) is 6.83. The van der Waals surface area contributed by atoms with Crippen LogP contribution in [0.5, 0.6) is 11.5 Å². The number of carbonyl (C=O) groups excluding carboxylic acids is 2. The number of aromatic nitrogens is 2. The van der Waals surface area contributed by atoms with Crippen molar-refractivity contribution in [3.05, 3.63) is 36.5 Å². The van der Waals surface area contributed by atoms with Gasteiger partial charge in [0.15, 0.2) is 12.7 Å². The second-order valence-electron chi connectivity index (χ2n) is 6.07. The SMILES string of the molecule is CCOc1ccc(OCC(=O)O[C@H](C)C(=O)Nc2ccnn2C(C)C)cc1. The molecule has 0 bridgehead atoms. The number of esters is 1. The van der Waals surface area contributed by atoms with Crippen molar-refractivity contribution in [3.63, 3.8) is 0 Å². The summed E-state index contributed by atoms with van der Waals surface area (Å²) in [5.74, 6) is 0.700. The number of carbonyl (C=O) groups is 2. The Hall–Kier alpha value is -3.03. The van der Waals surface area contributed by atoms with E-state index in [1.807, 2.05) is 20.8 Å². The van der Waals surface area contributed by atoms with Crippen molar-refractivity contribution in [2.75, 3.05) is 18.5 Å². The third kappa shape index (κ3) is 6.02. The minimum absolute atomic E-state index is 0.0932. The number of anilines is 1. The van der Waals surface area contributed by atoms with E-state index in [0.717, 1.165) is 5.75 Å². The van der Waals surface area contributed by atoms with Crippen LogP contribution in [0.15, 0.2) is 36.5 Å². The van der Waals surface area contributed by atoms with Crippen molar-refractivity contribution >= 4 is 17.7 Å². The third-order valence-corrected chi connectivity index (χ3v) is 3.58. The van der Waals surface area contributed by atoms with Gasteiger partial charge in [0.25, 0.3) is 5.91 Å². The third-order valence-electron chi connectivity index (χ3n) is 3.58. The average Bonchev–Trinajstić information content (AvgIpc) is 3.09. The molecule has 2 aromatic rings. The van der Waals surface area contributed by atoms with Gasteiger partial charge in [0.1, 0.15) is 17.3 Å². The molecule has 1 amide bonds. The maximum Gasteiger partial charge on any atom is 0.344 e. The molecule has 0 saturated carbocycles. The Bertz CT molecular complexity index is 755. The molecule has 0 radical (unpaired) electrons. The summed E-state index contributed by atoms with van der Waals surface area (Å²) in [6, 6.07) is 8.66. The van der Waals surface area contributed by atoms with Crippen LogP contribution in [0.2, 0.25) is 0 Å². The zero-order chi connectivity index (χ0) is 19.8. The van der Waals surface area contributed by atoms with Gasteiger partial charge in [-0.2, -0.15) is 5.10 Å². The van der Waals surface area contributed by atoms with Crippen LogP contribution in [-0.2, 0) is 14.3 Å². The van der Waals surface area contributed by atoms with Crippen molar-refractivity contribution < 1.29 is 23.8 Å². The van der Waals surface area contributed by atoms with E-state index in [-0.39, 0.29) is 12.6 Å². The van der Waals surface area contributed by atoms with Crippen LogP contribution in [0.25, 0.3) is 0 Å². The fourth-order valence-electron chi connectivity index (χ4n) is 2.28. The minimum Gasteiger partial charge on any atom is -0.494 e. The molecule has 0 saturated heterocycles. The summed E-state index contributed by atoms with van der Waals surface area (Å²) >= 11 is 0. The van der Waals surface area contributed by atoms with E-state index >= 15 is 0 Å². The largest absolute Gasteiger partial charge is 0.494 e. The summed E-state index contributed by atoms with van der Waals surface area (Å²) in [4.78, 5) is 24.1. The van der Waals surface area contributed by atoms with E-state index in [4.69, 9.17) is 14.2 Å². The number of ether oxygens (including phenoxy) is 3. The summed E-state index contributed by atoms with van der Waals surface area (Å²) in [5.41, 5.74) is 0. The molecule has 8 heteroatoms. The van der Waals surface area contributed by atoms with Crippen LogP contribution in [-0.4, -0.2) is 41.0 Å². The Kier molecular flexibility index (Phi) is 7.22. The highest BCUT2D eigenvalue weighted by Gasteiger charge is 2.20. The molecule has 146 valence electrons. The number of benzene rings is 1. The van der Waals surface area contributed by atoms with Gasteiger partial charge in [-0.25, -0.2) is 9.48 Å². The summed E-state index contributed by atoms with van der Waals surface area (Å²) in [6.45, 7) is 7.57. The molecule has 1 aromatic carbocycles. The van der Waals surface area contributed by atoms with E-state index < -0.39 is 18.0 Å². The molecule has 8 nitrogen and oxygen atoms in total. The van der Waals surface area contributed by atoms with Gasteiger partial charge in [0.2, 0.25) is 0 Å². The number of hydrogen-bond acceptors (Lipinski definition) is 6. The van der Waals surface area contributed by atoms with Crippen molar-refractivity contribution in [2.45, 2.75) is 39.8 Å². The molecule has 0 unspecified atom stereocenters. The Morgan fingerprint density at radius 3 is 2.30 bits per heavy atom. The van der Waals surface area contributed by atoms with Crippen LogP contribution in [0.4, 0.5) is 5.82 Å². The molecule has 0 fully saturated rings. The predicted molar refractivity (Wildman–Crippen MR) is 99.9 cm³/mol. The lowest BCUT2D eigenvalue weighted by atomic mass is 10.3. The van der Waals surface area contributed by atoms with Crippen LogP contribution in [0.3, 0.4) is 0 Å². The van der Waals surface area contributed by atoms with E-state index in [0.29, 0.717) is 18.2 Å². The number of amides is 1. The van der Waals surface area contributed by atoms with Gasteiger partial charge in [0, 0.05) is 12.1 Å². The molecule has 1 N–H and O–H groups in total. The highest BCUT2D eigenvalue weighted by Crippen LogP contribution is 2.17. The Labute approximate surface area is 158 Å². The van der Waals surface area contributed by atoms with Gasteiger partial charge < -0.3 is 19.5 Å². The lowest BCUT2D eigenvalue weighted by Crippen LogP contribution is -2.32. The summed E-state index contributed by atoms with van der Waals surface area (Å²) in [6.07, 6.45) is 0.633. The van der Waals surface area contributed by atoms with Gasteiger partial charge >= 0.3 is 5.97 Å². The minimum atomic E-state index is -0.961. The summed E-state index contributed by atoms with van der Waals surface area (Å²) < 4.78 is 17.5. The maximum atomic E-state index is 12.2. The molecule has 27 heavy (non-hydrogen) atoms. The molecule has 0 aliphatic rings. The monoisotopic (exact) mass is 375 g/mol. The van der Waals surface area contributed by atoms with Crippen molar-refractivity contribution in [2.24, 2.45) is 0 Å². The van der Waals surface area contributed by atoms with Crippen LogP contribution in [0.1, 0.15) is 33.7 Å². The van der Waals surface area contributed by atoms with Crippen LogP contribution < -0.4 is 14.8 Å². The number of rotatable bonds is 9. The Balaban J connectivity index is 1.80. The van der Waals surface area contributed by atoms with Crippen LogP contribution >= 0.6 is 0 Å². The van der Waals surface area contributed by atoms with Crippen molar-refractivity contribution in [1.29, 1.82) is 0 Å². The molecule has 0 aliphatic carbocycles. The van der Waals surface area contributed by atoms with E-state index in [1.54, 1.807) is 41.2 Å². The molecule has 1 aromatic heterocycles. The molecule has 1 atom stereocenters. The van der Waals surface area contributed by atoms with Crippen molar-refractivity contribution in [1.82, 2.24) is 9.78 Å². The van der Waals surface area contributed by atoms with Crippen LogP contribution in [0, 0.1) is 0 Å². The maximum absolute atomic E-state index is 12.2. The zero-order valence-electron chi connectivity index (χ0n) is 16.0. The number of nitrogens with one attached hydrogen (secondary N) is 1.